The van der Waals surface area contributed by atoms with Crippen LogP contribution in [0.25, 0.3) is 5.69 Å². The van der Waals surface area contributed by atoms with E-state index in [4.69, 9.17) is 14.2 Å². The van der Waals surface area contributed by atoms with Gasteiger partial charge >= 0.3 is 5.97 Å². The summed E-state index contributed by atoms with van der Waals surface area (Å²) in [5.41, 5.74) is 2.92. The van der Waals surface area contributed by atoms with Gasteiger partial charge < -0.3 is 19.1 Å². The van der Waals surface area contributed by atoms with Crippen LogP contribution in [0.4, 0.5) is 4.39 Å². The number of carbonyl (C=O) groups excluding carboxylic acids is 2. The molecule has 2 aliphatic rings. The highest BCUT2D eigenvalue weighted by molar-refractivity contribution is 5.93. The number of rotatable bonds is 5. The van der Waals surface area contributed by atoms with Gasteiger partial charge in [-0.2, -0.15) is 5.10 Å². The Morgan fingerprint density at radius 2 is 1.83 bits per heavy atom. The van der Waals surface area contributed by atoms with Crippen LogP contribution in [0.15, 0.2) is 42.5 Å². The lowest BCUT2D eigenvalue weighted by Crippen LogP contribution is -2.34. The van der Waals surface area contributed by atoms with Gasteiger partial charge in [0.2, 0.25) is 0 Å². The molecule has 8 nitrogen and oxygen atoms in total. The number of likely N-dealkylation sites (tertiary alicyclic amines) is 1. The highest BCUT2D eigenvalue weighted by Crippen LogP contribution is 2.38. The number of esters is 1. The van der Waals surface area contributed by atoms with Gasteiger partial charge in [0.25, 0.3) is 5.91 Å². The number of halogens is 1. The number of benzene rings is 2. The first kappa shape index (κ1) is 22.9. The van der Waals surface area contributed by atoms with E-state index < -0.39 is 5.97 Å². The molecule has 2 aliphatic heterocycles. The Labute approximate surface area is 202 Å². The molecule has 0 radical (unpaired) electrons. The smallest absolute Gasteiger partial charge is 0.342 e. The highest BCUT2D eigenvalue weighted by atomic mass is 19.1. The number of amides is 1. The summed E-state index contributed by atoms with van der Waals surface area (Å²) in [6.45, 7) is 4.68. The monoisotopic (exact) mass is 479 g/mol. The molecule has 182 valence electrons. The standard InChI is InChI=1S/C26H26FN3O5/c1-16-25(17(2)30(28-16)20-8-6-19(27)7-9-20)26(32)35-15-24(31)29-11-3-4-21(29)18-5-10-22-23(14-18)34-13-12-33-22/h5-10,14,21H,3-4,11-13,15H2,1-2H3/t21-/m1/s1. The summed E-state index contributed by atoms with van der Waals surface area (Å²) < 4.78 is 31.5. The second-order valence-electron chi connectivity index (χ2n) is 8.66. The van der Waals surface area contributed by atoms with E-state index in [1.54, 1.807) is 35.6 Å². The summed E-state index contributed by atoms with van der Waals surface area (Å²) in [5.74, 6) is 0.166. The minimum atomic E-state index is -0.614. The van der Waals surface area contributed by atoms with Crippen molar-refractivity contribution in [1.29, 1.82) is 0 Å². The first-order valence-electron chi connectivity index (χ1n) is 11.6. The molecular formula is C26H26FN3O5. The van der Waals surface area contributed by atoms with E-state index in [2.05, 4.69) is 5.10 Å². The second kappa shape index (κ2) is 9.40. The fourth-order valence-corrected chi connectivity index (χ4v) is 4.73. The van der Waals surface area contributed by atoms with E-state index in [9.17, 15) is 14.0 Å². The molecule has 9 heteroatoms. The molecule has 1 aromatic heterocycles. The zero-order chi connectivity index (χ0) is 24.5. The Morgan fingerprint density at radius 3 is 2.60 bits per heavy atom. The lowest BCUT2D eigenvalue weighted by molar-refractivity contribution is -0.135. The molecule has 35 heavy (non-hydrogen) atoms. The Balaban J connectivity index is 1.27. The highest BCUT2D eigenvalue weighted by Gasteiger charge is 2.32. The normalized spacial score (nSPS) is 16.9. The van der Waals surface area contributed by atoms with Crippen LogP contribution < -0.4 is 9.47 Å². The zero-order valence-electron chi connectivity index (χ0n) is 19.6. The number of ether oxygens (including phenoxy) is 3. The van der Waals surface area contributed by atoms with E-state index in [0.29, 0.717) is 53.9 Å². The molecule has 1 saturated heterocycles. The summed E-state index contributed by atoms with van der Waals surface area (Å²) in [6, 6.07) is 11.5. The van der Waals surface area contributed by atoms with Crippen molar-refractivity contribution in [1.82, 2.24) is 14.7 Å². The molecule has 0 saturated carbocycles. The van der Waals surface area contributed by atoms with Crippen molar-refractivity contribution in [2.75, 3.05) is 26.4 Å². The first-order chi connectivity index (χ1) is 16.9. The van der Waals surface area contributed by atoms with Gasteiger partial charge in [-0.15, -0.1) is 0 Å². The van der Waals surface area contributed by atoms with Crippen molar-refractivity contribution in [3.63, 3.8) is 0 Å². The fourth-order valence-electron chi connectivity index (χ4n) is 4.73. The van der Waals surface area contributed by atoms with Gasteiger partial charge in [-0.3, -0.25) is 4.79 Å². The van der Waals surface area contributed by atoms with E-state index in [0.717, 1.165) is 18.4 Å². The lowest BCUT2D eigenvalue weighted by Gasteiger charge is -2.26. The Morgan fingerprint density at radius 1 is 1.09 bits per heavy atom. The number of aryl methyl sites for hydroxylation is 1. The summed E-state index contributed by atoms with van der Waals surface area (Å²) in [4.78, 5) is 27.6. The van der Waals surface area contributed by atoms with E-state index in [1.165, 1.54) is 12.1 Å². The number of nitrogens with zero attached hydrogens (tertiary/aromatic N) is 3. The predicted molar refractivity (Wildman–Crippen MR) is 124 cm³/mol. The maximum absolute atomic E-state index is 13.3. The van der Waals surface area contributed by atoms with Crippen LogP contribution in [0.2, 0.25) is 0 Å². The van der Waals surface area contributed by atoms with Gasteiger partial charge in [0.15, 0.2) is 18.1 Å². The number of hydrogen-bond donors (Lipinski definition) is 0. The lowest BCUT2D eigenvalue weighted by atomic mass is 10.0. The summed E-state index contributed by atoms with van der Waals surface area (Å²) >= 11 is 0. The molecule has 3 heterocycles. The van der Waals surface area contributed by atoms with Gasteiger partial charge in [0, 0.05) is 6.54 Å². The molecule has 1 amide bonds. The van der Waals surface area contributed by atoms with Crippen LogP contribution >= 0.6 is 0 Å². The van der Waals surface area contributed by atoms with Crippen LogP contribution in [0.3, 0.4) is 0 Å². The summed E-state index contributed by atoms with van der Waals surface area (Å²) in [7, 11) is 0. The number of carbonyl (C=O) groups is 2. The molecule has 0 aliphatic carbocycles. The van der Waals surface area contributed by atoms with Crippen LogP contribution in [-0.4, -0.2) is 52.9 Å². The average molecular weight is 480 g/mol. The SMILES string of the molecule is Cc1nn(-c2ccc(F)cc2)c(C)c1C(=O)OCC(=O)N1CCC[C@@H]1c1ccc2c(c1)OCCO2. The van der Waals surface area contributed by atoms with E-state index in [1.807, 2.05) is 18.2 Å². The van der Waals surface area contributed by atoms with Crippen LogP contribution in [0.5, 0.6) is 11.5 Å². The van der Waals surface area contributed by atoms with Crippen LogP contribution in [-0.2, 0) is 9.53 Å². The third-order valence-electron chi connectivity index (χ3n) is 6.42. The van der Waals surface area contributed by atoms with Crippen molar-refractivity contribution in [2.45, 2.75) is 32.7 Å². The van der Waals surface area contributed by atoms with Gasteiger partial charge in [0.1, 0.15) is 24.6 Å². The minimum absolute atomic E-state index is 0.110. The van der Waals surface area contributed by atoms with Crippen molar-refractivity contribution in [3.05, 3.63) is 70.8 Å². The molecular weight excluding hydrogens is 453 g/mol. The molecule has 5 rings (SSSR count). The van der Waals surface area contributed by atoms with E-state index >= 15 is 0 Å². The quantitative estimate of drug-likeness (QED) is 0.516. The predicted octanol–water partition coefficient (Wildman–Crippen LogP) is 3.92. The van der Waals surface area contributed by atoms with Crippen molar-refractivity contribution in [3.8, 4) is 17.2 Å². The van der Waals surface area contributed by atoms with Gasteiger partial charge in [-0.05, 0) is 68.7 Å². The summed E-state index contributed by atoms with van der Waals surface area (Å²) in [6.07, 6.45) is 1.68. The molecule has 3 aromatic rings. The van der Waals surface area contributed by atoms with Crippen LogP contribution in [0.1, 0.15) is 46.2 Å². The van der Waals surface area contributed by atoms with Crippen molar-refractivity contribution in [2.24, 2.45) is 0 Å². The largest absolute Gasteiger partial charge is 0.486 e. The Bertz CT molecular complexity index is 1270. The first-order valence-corrected chi connectivity index (χ1v) is 11.6. The second-order valence-corrected chi connectivity index (χ2v) is 8.66. The zero-order valence-corrected chi connectivity index (χ0v) is 19.6. The van der Waals surface area contributed by atoms with Gasteiger partial charge in [-0.25, -0.2) is 13.9 Å². The molecule has 1 fully saturated rings. The Hall–Kier alpha value is -3.88. The van der Waals surface area contributed by atoms with Gasteiger partial charge in [-0.1, -0.05) is 6.07 Å². The maximum Gasteiger partial charge on any atom is 0.342 e. The van der Waals surface area contributed by atoms with Crippen molar-refractivity contribution < 1.29 is 28.2 Å². The fraction of sp³-hybridized carbons (Fsp3) is 0.346. The maximum atomic E-state index is 13.3. The molecule has 0 spiro atoms. The summed E-state index contributed by atoms with van der Waals surface area (Å²) in [5, 5.41) is 4.40. The minimum Gasteiger partial charge on any atom is -0.486 e. The molecule has 0 bridgehead atoms. The van der Waals surface area contributed by atoms with E-state index in [-0.39, 0.29) is 24.4 Å². The molecule has 1 atom stereocenters. The third kappa shape index (κ3) is 4.45. The number of aromatic nitrogens is 2. The molecule has 0 unspecified atom stereocenters. The van der Waals surface area contributed by atoms with Crippen molar-refractivity contribution >= 4 is 11.9 Å². The van der Waals surface area contributed by atoms with Gasteiger partial charge in [0.05, 0.1) is 23.1 Å². The third-order valence-corrected chi connectivity index (χ3v) is 6.42. The Kier molecular flexibility index (Phi) is 6.15. The number of fused-ring (bicyclic) bond motifs is 1. The van der Waals surface area contributed by atoms with Crippen LogP contribution in [0, 0.1) is 19.7 Å². The molecule has 0 N–H and O–H groups in total. The molecule has 2 aromatic carbocycles. The average Bonchev–Trinajstić information content (AvgIpc) is 3.47. The number of hydrogen-bond acceptors (Lipinski definition) is 6. The topological polar surface area (TPSA) is 82.9 Å².